The molecule has 2 aromatic rings. The zero-order chi connectivity index (χ0) is 22.0. The highest BCUT2D eigenvalue weighted by atomic mass is 19.4. The van der Waals surface area contributed by atoms with Gasteiger partial charge < -0.3 is 9.47 Å². The summed E-state index contributed by atoms with van der Waals surface area (Å²) in [5.41, 5.74) is -4.04. The second kappa shape index (κ2) is 7.84. The van der Waals surface area contributed by atoms with Gasteiger partial charge in [0.05, 0.1) is 11.1 Å². The molecule has 0 heterocycles. The van der Waals surface area contributed by atoms with E-state index in [-0.39, 0.29) is 30.0 Å². The van der Waals surface area contributed by atoms with Gasteiger partial charge in [-0.2, -0.15) is 26.3 Å². The number of rotatable bonds is 5. The lowest BCUT2D eigenvalue weighted by molar-refractivity contribution is -0.274. The topological polar surface area (TPSA) is 35.5 Å². The second-order valence-corrected chi connectivity index (χ2v) is 5.56. The van der Waals surface area contributed by atoms with Crippen LogP contribution >= 0.6 is 0 Å². The highest BCUT2D eigenvalue weighted by Gasteiger charge is 2.37. The van der Waals surface area contributed by atoms with Gasteiger partial charge in [-0.25, -0.2) is 0 Å². The van der Waals surface area contributed by atoms with Crippen LogP contribution in [0.15, 0.2) is 36.4 Å². The van der Waals surface area contributed by atoms with Crippen LogP contribution < -0.4 is 9.47 Å². The summed E-state index contributed by atoms with van der Waals surface area (Å²) >= 11 is 0. The molecule has 0 amide bonds. The van der Waals surface area contributed by atoms with E-state index in [2.05, 4.69) is 4.74 Å². The third-order valence-corrected chi connectivity index (χ3v) is 3.40. The average molecular weight is 432 g/mol. The summed E-state index contributed by atoms with van der Waals surface area (Å²) in [6.07, 6.45) is -14.9. The van der Waals surface area contributed by atoms with Crippen LogP contribution in [-0.2, 0) is 19.0 Å². The number of ether oxygens (including phenoxy) is 2. The molecule has 0 aliphatic carbocycles. The van der Waals surface area contributed by atoms with E-state index in [0.29, 0.717) is 12.1 Å². The SMILES string of the molecule is O=Cc1cc(OCc2cc(C(F)(F)F)ccc2C(F)(F)F)cc(OC(F)(F)F)c1. The molecule has 0 aliphatic rings. The van der Waals surface area contributed by atoms with Gasteiger partial charge in [-0.05, 0) is 30.3 Å². The van der Waals surface area contributed by atoms with E-state index in [1.54, 1.807) is 0 Å². The van der Waals surface area contributed by atoms with Crippen LogP contribution in [0.3, 0.4) is 0 Å². The minimum absolute atomic E-state index is 0.127. The predicted octanol–water partition coefficient (Wildman–Crippen LogP) is 6.01. The molecule has 12 heteroatoms. The van der Waals surface area contributed by atoms with Crippen LogP contribution in [0, 0.1) is 0 Å². The van der Waals surface area contributed by atoms with Gasteiger partial charge in [0.15, 0.2) is 0 Å². The lowest BCUT2D eigenvalue weighted by Gasteiger charge is -2.17. The van der Waals surface area contributed by atoms with Crippen LogP contribution in [0.5, 0.6) is 11.5 Å². The van der Waals surface area contributed by atoms with Crippen LogP contribution in [0.25, 0.3) is 0 Å². The number of halogens is 9. The molecule has 0 spiro atoms. The fraction of sp³-hybridized carbons (Fsp3) is 0.235. The molecule has 0 bridgehead atoms. The number of benzene rings is 2. The molecule has 29 heavy (non-hydrogen) atoms. The molecular weight excluding hydrogens is 423 g/mol. The van der Waals surface area contributed by atoms with Gasteiger partial charge in [-0.15, -0.1) is 13.2 Å². The Balaban J connectivity index is 2.37. The molecule has 0 atom stereocenters. The Bertz CT molecular complexity index is 883. The molecule has 0 saturated heterocycles. The first kappa shape index (κ1) is 22.4. The van der Waals surface area contributed by atoms with E-state index in [1.807, 2.05) is 0 Å². The monoisotopic (exact) mass is 432 g/mol. The molecule has 0 radical (unpaired) electrons. The van der Waals surface area contributed by atoms with Crippen molar-refractivity contribution in [3.05, 3.63) is 58.7 Å². The number of alkyl halides is 9. The van der Waals surface area contributed by atoms with Crippen LogP contribution in [0.4, 0.5) is 39.5 Å². The second-order valence-electron chi connectivity index (χ2n) is 5.56. The molecule has 0 N–H and O–H groups in total. The largest absolute Gasteiger partial charge is 0.573 e. The van der Waals surface area contributed by atoms with Crippen molar-refractivity contribution in [3.63, 3.8) is 0 Å². The fourth-order valence-corrected chi connectivity index (χ4v) is 2.26. The molecule has 3 nitrogen and oxygen atoms in total. The highest BCUT2D eigenvalue weighted by Crippen LogP contribution is 2.37. The molecule has 0 aliphatic heterocycles. The van der Waals surface area contributed by atoms with Gasteiger partial charge in [0.1, 0.15) is 24.4 Å². The van der Waals surface area contributed by atoms with Crippen LogP contribution in [0.2, 0.25) is 0 Å². The lowest BCUT2D eigenvalue weighted by atomic mass is 10.0. The quantitative estimate of drug-likeness (QED) is 0.429. The molecular formula is C17H9F9O3. The summed E-state index contributed by atoms with van der Waals surface area (Å²) in [5.74, 6) is -1.41. The zero-order valence-corrected chi connectivity index (χ0v) is 13.9. The first-order chi connectivity index (χ1) is 13.2. The van der Waals surface area contributed by atoms with Crippen molar-refractivity contribution in [3.8, 4) is 11.5 Å². The summed E-state index contributed by atoms with van der Waals surface area (Å²) in [4.78, 5) is 10.8. The summed E-state index contributed by atoms with van der Waals surface area (Å²) < 4.78 is 123. The number of hydrogen-bond donors (Lipinski definition) is 0. The average Bonchev–Trinajstić information content (AvgIpc) is 2.56. The van der Waals surface area contributed by atoms with Gasteiger partial charge in [-0.1, -0.05) is 0 Å². The number of hydrogen-bond acceptors (Lipinski definition) is 3. The van der Waals surface area contributed by atoms with Crippen molar-refractivity contribution in [2.75, 3.05) is 0 Å². The van der Waals surface area contributed by atoms with E-state index < -0.39 is 53.5 Å². The Hall–Kier alpha value is -2.92. The summed E-state index contributed by atoms with van der Waals surface area (Å²) in [6.45, 7) is -1.06. The maximum absolute atomic E-state index is 13.0. The summed E-state index contributed by atoms with van der Waals surface area (Å²) in [6, 6.07) is 2.90. The minimum atomic E-state index is -5.12. The first-order valence-corrected chi connectivity index (χ1v) is 7.45. The van der Waals surface area contributed by atoms with Crippen molar-refractivity contribution < 1.29 is 53.8 Å². The molecule has 0 saturated carbocycles. The van der Waals surface area contributed by atoms with E-state index in [0.717, 1.165) is 6.07 Å². The Morgan fingerprint density at radius 2 is 1.41 bits per heavy atom. The molecule has 0 fully saturated rings. The maximum atomic E-state index is 13.0. The number of aldehydes is 1. The highest BCUT2D eigenvalue weighted by molar-refractivity contribution is 5.76. The molecule has 0 aromatic heterocycles. The Morgan fingerprint density at radius 3 is 1.93 bits per heavy atom. The van der Waals surface area contributed by atoms with E-state index in [4.69, 9.17) is 4.74 Å². The molecule has 2 rings (SSSR count). The first-order valence-electron chi connectivity index (χ1n) is 7.45. The van der Waals surface area contributed by atoms with Gasteiger partial charge in [0, 0.05) is 17.2 Å². The van der Waals surface area contributed by atoms with Crippen molar-refractivity contribution in [1.82, 2.24) is 0 Å². The Labute approximate surface area is 156 Å². The lowest BCUT2D eigenvalue weighted by Crippen LogP contribution is -2.17. The van der Waals surface area contributed by atoms with E-state index >= 15 is 0 Å². The summed E-state index contributed by atoms with van der Waals surface area (Å²) in [5, 5.41) is 0. The van der Waals surface area contributed by atoms with Crippen molar-refractivity contribution in [1.29, 1.82) is 0 Å². The normalized spacial score (nSPS) is 12.6. The standard InChI is InChI=1S/C17H9F9O3/c18-15(19,20)11-1-2-14(16(21,22)23)10(5-11)8-28-12-3-9(7-27)4-13(6-12)29-17(24,25)26/h1-7H,8H2. The van der Waals surface area contributed by atoms with Gasteiger partial charge in [0.2, 0.25) is 0 Å². The molecule has 2 aromatic carbocycles. The van der Waals surface area contributed by atoms with Crippen LogP contribution in [0.1, 0.15) is 27.0 Å². The van der Waals surface area contributed by atoms with Crippen LogP contribution in [-0.4, -0.2) is 12.6 Å². The molecule has 158 valence electrons. The predicted molar refractivity (Wildman–Crippen MR) is 79.3 cm³/mol. The number of carbonyl (C=O) groups is 1. The fourth-order valence-electron chi connectivity index (χ4n) is 2.26. The zero-order valence-electron chi connectivity index (χ0n) is 13.9. The van der Waals surface area contributed by atoms with Gasteiger partial charge in [0.25, 0.3) is 0 Å². The van der Waals surface area contributed by atoms with Gasteiger partial charge in [-0.3, -0.25) is 4.79 Å². The van der Waals surface area contributed by atoms with Gasteiger partial charge >= 0.3 is 18.7 Å². The Kier molecular flexibility index (Phi) is 6.04. The minimum Gasteiger partial charge on any atom is -0.489 e. The Morgan fingerprint density at radius 1 is 0.793 bits per heavy atom. The van der Waals surface area contributed by atoms with E-state index in [9.17, 15) is 44.3 Å². The molecule has 0 unspecified atom stereocenters. The smallest absolute Gasteiger partial charge is 0.489 e. The maximum Gasteiger partial charge on any atom is 0.573 e. The van der Waals surface area contributed by atoms with Crippen molar-refractivity contribution in [2.24, 2.45) is 0 Å². The van der Waals surface area contributed by atoms with Crippen molar-refractivity contribution in [2.45, 2.75) is 25.3 Å². The van der Waals surface area contributed by atoms with E-state index in [1.165, 1.54) is 0 Å². The third kappa shape index (κ3) is 6.29. The number of carbonyl (C=O) groups excluding carboxylic acids is 1. The third-order valence-electron chi connectivity index (χ3n) is 3.40. The summed E-state index contributed by atoms with van der Waals surface area (Å²) in [7, 11) is 0. The van der Waals surface area contributed by atoms with Crippen molar-refractivity contribution >= 4 is 6.29 Å².